The van der Waals surface area contributed by atoms with Gasteiger partial charge >= 0.3 is 6.18 Å². The number of aryl methyl sites for hydroxylation is 2. The molecule has 1 unspecified atom stereocenters. The molecule has 2 N–H and O–H groups in total. The smallest absolute Gasteiger partial charge is 0.325 e. The molecular formula is C17H20ClF3N4O. The van der Waals surface area contributed by atoms with Crippen molar-refractivity contribution in [2.75, 3.05) is 11.9 Å². The highest BCUT2D eigenvalue weighted by atomic mass is 35.5. The van der Waals surface area contributed by atoms with Crippen LogP contribution in [0.15, 0.2) is 18.2 Å². The highest BCUT2D eigenvalue weighted by Gasteiger charge is 2.43. The minimum atomic E-state index is -4.56. The summed E-state index contributed by atoms with van der Waals surface area (Å²) in [7, 11) is 1.58. The van der Waals surface area contributed by atoms with Gasteiger partial charge in [-0.1, -0.05) is 17.7 Å². The van der Waals surface area contributed by atoms with E-state index < -0.39 is 24.7 Å². The number of benzene rings is 1. The molecule has 0 radical (unpaired) electrons. The summed E-state index contributed by atoms with van der Waals surface area (Å²) in [4.78, 5) is 12.1. The Kier molecular flexibility index (Phi) is 5.98. The van der Waals surface area contributed by atoms with Crippen LogP contribution in [-0.4, -0.2) is 28.4 Å². The van der Waals surface area contributed by atoms with Gasteiger partial charge in [0.25, 0.3) is 0 Å². The minimum absolute atomic E-state index is 0.0340. The fraction of sp³-hybridized carbons (Fsp3) is 0.412. The second-order valence-electron chi connectivity index (χ2n) is 6.02. The van der Waals surface area contributed by atoms with Crippen LogP contribution in [0.25, 0.3) is 0 Å². The molecule has 0 saturated heterocycles. The summed E-state index contributed by atoms with van der Waals surface area (Å²) in [6.07, 6.45) is -4.56. The molecule has 1 aromatic carbocycles. The number of hydrogen-bond acceptors (Lipinski definition) is 3. The Morgan fingerprint density at radius 1 is 1.31 bits per heavy atom. The average molecular weight is 389 g/mol. The van der Waals surface area contributed by atoms with Gasteiger partial charge in [0, 0.05) is 29.0 Å². The quantitative estimate of drug-likeness (QED) is 0.818. The van der Waals surface area contributed by atoms with E-state index in [0.29, 0.717) is 22.0 Å². The summed E-state index contributed by atoms with van der Waals surface area (Å²) in [6, 6.07) is 2.97. The van der Waals surface area contributed by atoms with Crippen molar-refractivity contribution in [1.29, 1.82) is 0 Å². The van der Waals surface area contributed by atoms with E-state index in [1.54, 1.807) is 39.1 Å². The predicted octanol–water partition coefficient (Wildman–Crippen LogP) is 3.83. The summed E-state index contributed by atoms with van der Waals surface area (Å²) in [5, 5.41) is 9.36. The molecule has 1 aromatic heterocycles. The van der Waals surface area contributed by atoms with Gasteiger partial charge in [-0.25, -0.2) is 0 Å². The van der Waals surface area contributed by atoms with Gasteiger partial charge in [0.15, 0.2) is 0 Å². The molecular weight excluding hydrogens is 369 g/mol. The van der Waals surface area contributed by atoms with Crippen molar-refractivity contribution in [3.63, 3.8) is 0 Å². The van der Waals surface area contributed by atoms with E-state index in [0.717, 1.165) is 0 Å². The topological polar surface area (TPSA) is 59.0 Å². The number of carbonyl (C=O) groups is 1. The zero-order valence-corrected chi connectivity index (χ0v) is 15.6. The highest BCUT2D eigenvalue weighted by Crippen LogP contribution is 2.35. The fourth-order valence-corrected chi connectivity index (χ4v) is 2.90. The predicted molar refractivity (Wildman–Crippen MR) is 94.3 cm³/mol. The number of carbonyl (C=O) groups excluding carboxylic acids is 1. The summed E-state index contributed by atoms with van der Waals surface area (Å²) in [6.45, 7) is 4.28. The van der Waals surface area contributed by atoms with Gasteiger partial charge in [0.05, 0.1) is 12.2 Å². The van der Waals surface area contributed by atoms with Crippen LogP contribution in [0.1, 0.15) is 28.6 Å². The van der Waals surface area contributed by atoms with E-state index in [1.807, 2.05) is 0 Å². The molecule has 0 fully saturated rings. The number of halogens is 4. The van der Waals surface area contributed by atoms with Crippen molar-refractivity contribution >= 4 is 23.2 Å². The number of aromatic nitrogens is 2. The van der Waals surface area contributed by atoms with Crippen LogP contribution in [0.4, 0.5) is 18.9 Å². The Morgan fingerprint density at radius 2 is 1.96 bits per heavy atom. The summed E-state index contributed by atoms with van der Waals surface area (Å²) in [5.74, 6) is -0.594. The molecule has 0 spiro atoms. The lowest BCUT2D eigenvalue weighted by atomic mass is 10.0. The largest absolute Gasteiger partial charge is 0.408 e. The molecule has 1 atom stereocenters. The van der Waals surface area contributed by atoms with E-state index in [4.69, 9.17) is 11.6 Å². The minimum Gasteiger partial charge on any atom is -0.325 e. The van der Waals surface area contributed by atoms with Gasteiger partial charge in [-0.2, -0.15) is 18.3 Å². The fourth-order valence-electron chi connectivity index (χ4n) is 2.72. The summed E-state index contributed by atoms with van der Waals surface area (Å²) in [5.41, 5.74) is 1.80. The molecule has 1 amide bonds. The van der Waals surface area contributed by atoms with E-state index >= 15 is 0 Å². The average Bonchev–Trinajstić information content (AvgIpc) is 2.77. The first kappa shape index (κ1) is 20.3. The molecule has 2 rings (SSSR count). The van der Waals surface area contributed by atoms with Crippen LogP contribution in [0.5, 0.6) is 0 Å². The summed E-state index contributed by atoms with van der Waals surface area (Å²) < 4.78 is 42.0. The van der Waals surface area contributed by atoms with Crippen LogP contribution in [0.2, 0.25) is 5.02 Å². The maximum atomic E-state index is 13.5. The number of hydrogen-bond donors (Lipinski definition) is 2. The first-order valence-electron chi connectivity index (χ1n) is 7.87. The molecule has 0 aliphatic heterocycles. The van der Waals surface area contributed by atoms with E-state index in [9.17, 15) is 18.0 Å². The zero-order chi connectivity index (χ0) is 19.6. The number of nitrogens with one attached hydrogen (secondary N) is 2. The normalized spacial score (nSPS) is 12.9. The number of amides is 1. The molecule has 0 aliphatic carbocycles. The lowest BCUT2D eigenvalue weighted by Gasteiger charge is -2.22. The lowest BCUT2D eigenvalue weighted by Crippen LogP contribution is -2.39. The van der Waals surface area contributed by atoms with E-state index in [1.165, 1.54) is 11.6 Å². The molecule has 2 aromatic rings. The molecule has 0 aliphatic rings. The molecule has 1 heterocycles. The van der Waals surface area contributed by atoms with Gasteiger partial charge in [-0.15, -0.1) is 0 Å². The van der Waals surface area contributed by atoms with Crippen molar-refractivity contribution in [2.24, 2.45) is 7.05 Å². The molecule has 26 heavy (non-hydrogen) atoms. The van der Waals surface area contributed by atoms with E-state index in [2.05, 4.69) is 15.7 Å². The highest BCUT2D eigenvalue weighted by molar-refractivity contribution is 6.31. The maximum absolute atomic E-state index is 13.5. The number of alkyl halides is 3. The first-order valence-corrected chi connectivity index (χ1v) is 8.25. The molecule has 5 nitrogen and oxygen atoms in total. The second-order valence-corrected chi connectivity index (χ2v) is 6.43. The third-order valence-electron chi connectivity index (χ3n) is 4.19. The molecule has 0 bridgehead atoms. The molecule has 9 heteroatoms. The van der Waals surface area contributed by atoms with Crippen molar-refractivity contribution in [1.82, 2.24) is 15.1 Å². The SMILES string of the molecule is Cc1nn(C)c(C)c1C(NCC(=O)Nc1cccc(Cl)c1C)C(F)(F)F. The van der Waals surface area contributed by atoms with Gasteiger partial charge in [0.2, 0.25) is 5.91 Å². The monoisotopic (exact) mass is 388 g/mol. The molecule has 0 saturated carbocycles. The lowest BCUT2D eigenvalue weighted by molar-refractivity contribution is -0.158. The van der Waals surface area contributed by atoms with Crippen LogP contribution in [-0.2, 0) is 11.8 Å². The van der Waals surface area contributed by atoms with Crippen molar-refractivity contribution in [3.05, 3.63) is 45.7 Å². The maximum Gasteiger partial charge on any atom is 0.408 e. The zero-order valence-electron chi connectivity index (χ0n) is 14.8. The first-order chi connectivity index (χ1) is 12.0. The van der Waals surface area contributed by atoms with Gasteiger partial charge in [0.1, 0.15) is 6.04 Å². The second kappa shape index (κ2) is 7.67. The summed E-state index contributed by atoms with van der Waals surface area (Å²) >= 11 is 5.98. The van der Waals surface area contributed by atoms with Crippen LogP contribution in [0, 0.1) is 20.8 Å². The Hall–Kier alpha value is -2.06. The third kappa shape index (κ3) is 4.37. The van der Waals surface area contributed by atoms with Crippen LogP contribution in [0.3, 0.4) is 0 Å². The van der Waals surface area contributed by atoms with Gasteiger partial charge in [-0.05, 0) is 38.5 Å². The van der Waals surface area contributed by atoms with E-state index in [-0.39, 0.29) is 11.3 Å². The molecule has 142 valence electrons. The van der Waals surface area contributed by atoms with Crippen molar-refractivity contribution in [2.45, 2.75) is 33.0 Å². The van der Waals surface area contributed by atoms with Crippen molar-refractivity contribution in [3.8, 4) is 0 Å². The Bertz CT molecular complexity index is 817. The number of rotatable bonds is 5. The van der Waals surface area contributed by atoms with Crippen LogP contribution >= 0.6 is 11.6 Å². The van der Waals surface area contributed by atoms with Gasteiger partial charge in [-0.3, -0.25) is 14.8 Å². The standard InChI is InChI=1S/C17H20ClF3N4O/c1-9-12(18)6-5-7-13(9)23-14(26)8-22-16(17(19,20)21)15-10(2)24-25(4)11(15)3/h5-7,16,22H,8H2,1-4H3,(H,23,26). The Morgan fingerprint density at radius 3 is 2.50 bits per heavy atom. The number of nitrogens with zero attached hydrogens (tertiary/aromatic N) is 2. The van der Waals surface area contributed by atoms with Gasteiger partial charge < -0.3 is 5.32 Å². The Labute approximate surface area is 154 Å². The third-order valence-corrected chi connectivity index (χ3v) is 4.60. The van der Waals surface area contributed by atoms with Crippen molar-refractivity contribution < 1.29 is 18.0 Å². The van der Waals surface area contributed by atoms with Crippen LogP contribution < -0.4 is 10.6 Å². The number of anilines is 1. The Balaban J connectivity index is 2.15.